The van der Waals surface area contributed by atoms with E-state index in [1.165, 1.54) is 18.2 Å². The number of carbonyl (C=O) groups excluding carboxylic acids is 1. The van der Waals surface area contributed by atoms with Gasteiger partial charge in [-0.1, -0.05) is 6.07 Å². The first-order valence-corrected chi connectivity index (χ1v) is 4.72. The minimum absolute atomic E-state index is 0. The van der Waals surface area contributed by atoms with Crippen molar-refractivity contribution in [3.63, 3.8) is 0 Å². The Bertz CT molecular complexity index is 443. The second-order valence-electron chi connectivity index (χ2n) is 2.37. The summed E-state index contributed by atoms with van der Waals surface area (Å²) in [5.41, 5.74) is 4.95. The summed E-state index contributed by atoms with van der Waals surface area (Å²) in [5.74, 6) is -0.745. The van der Waals surface area contributed by atoms with Crippen molar-refractivity contribution in [2.75, 3.05) is 0 Å². The molecular formula is C7H7KNO4S. The van der Waals surface area contributed by atoms with E-state index >= 15 is 0 Å². The number of hydrogen-bond acceptors (Lipinski definition) is 3. The Morgan fingerprint density at radius 1 is 1.36 bits per heavy atom. The van der Waals surface area contributed by atoms with Crippen LogP contribution in [0.3, 0.4) is 0 Å². The molecule has 0 fully saturated rings. The molecule has 1 amide bonds. The van der Waals surface area contributed by atoms with Crippen LogP contribution >= 0.6 is 0 Å². The standard InChI is InChI=1S/C7H7NO4S.K/c8-7(9)5-2-1-3-6(4-5)13(10,11)12;/h1-4H,(H2,8,9)(H,10,11,12);. The molecule has 1 rings (SSSR count). The Labute approximate surface area is 124 Å². The minimum atomic E-state index is -4.27. The van der Waals surface area contributed by atoms with Crippen LogP contribution in [0.25, 0.3) is 0 Å². The number of primary amides is 1. The third-order valence-electron chi connectivity index (χ3n) is 1.42. The first-order chi connectivity index (χ1) is 5.91. The first kappa shape index (κ1) is 14.2. The van der Waals surface area contributed by atoms with E-state index in [1.807, 2.05) is 0 Å². The molecule has 7 heteroatoms. The summed E-state index contributed by atoms with van der Waals surface area (Å²) in [6.45, 7) is 0. The summed E-state index contributed by atoms with van der Waals surface area (Å²) in [4.78, 5) is 10.3. The van der Waals surface area contributed by atoms with Gasteiger partial charge in [-0.05, 0) is 18.2 Å². The number of benzene rings is 1. The van der Waals surface area contributed by atoms with Gasteiger partial charge in [0.15, 0.2) is 0 Å². The maximum absolute atomic E-state index is 10.6. The van der Waals surface area contributed by atoms with Crippen LogP contribution < -0.4 is 5.73 Å². The molecule has 0 saturated carbocycles. The number of nitrogens with two attached hydrogens (primary N) is 1. The zero-order valence-electron chi connectivity index (χ0n) is 7.47. The molecule has 0 aliphatic heterocycles. The van der Waals surface area contributed by atoms with Crippen molar-refractivity contribution in [1.29, 1.82) is 0 Å². The third-order valence-corrected chi connectivity index (χ3v) is 2.27. The predicted molar refractivity (Wildman–Crippen MR) is 50.5 cm³/mol. The Morgan fingerprint density at radius 3 is 2.36 bits per heavy atom. The normalized spacial score (nSPS) is 10.4. The molecule has 1 aromatic rings. The van der Waals surface area contributed by atoms with E-state index in [2.05, 4.69) is 0 Å². The van der Waals surface area contributed by atoms with Gasteiger partial charge in [-0.15, -0.1) is 0 Å². The van der Waals surface area contributed by atoms with E-state index < -0.39 is 16.0 Å². The summed E-state index contributed by atoms with van der Waals surface area (Å²) >= 11 is 0. The van der Waals surface area contributed by atoms with Gasteiger partial charge in [0.1, 0.15) is 0 Å². The summed E-state index contributed by atoms with van der Waals surface area (Å²) in [6, 6.07) is 4.86. The molecular weight excluding hydrogens is 233 g/mol. The van der Waals surface area contributed by atoms with Crippen LogP contribution in [0.2, 0.25) is 0 Å². The Kier molecular flexibility index (Phi) is 5.45. The van der Waals surface area contributed by atoms with Crippen LogP contribution in [0.4, 0.5) is 0 Å². The SMILES string of the molecule is NC(=O)c1cccc(S(=O)(=O)O)c1.[K]. The molecule has 0 unspecified atom stereocenters. The zero-order valence-corrected chi connectivity index (χ0v) is 11.4. The third kappa shape index (κ3) is 3.77. The number of hydrogen-bond donors (Lipinski definition) is 2. The van der Waals surface area contributed by atoms with Crippen LogP contribution in [0.15, 0.2) is 29.2 Å². The molecule has 0 bridgehead atoms. The van der Waals surface area contributed by atoms with Gasteiger partial charge < -0.3 is 5.73 Å². The quantitative estimate of drug-likeness (QED) is 0.545. The summed E-state index contributed by atoms with van der Waals surface area (Å²) in [5, 5.41) is 0. The molecule has 1 aromatic carbocycles. The van der Waals surface area contributed by atoms with Crippen LogP contribution in [0.1, 0.15) is 10.4 Å². The number of carbonyl (C=O) groups is 1. The fourth-order valence-corrected chi connectivity index (χ4v) is 1.34. The average Bonchev–Trinajstić information content (AvgIpc) is 2.03. The second kappa shape index (κ2) is 5.36. The summed E-state index contributed by atoms with van der Waals surface area (Å²) in [7, 11) is -4.27. The van der Waals surface area contributed by atoms with Crippen molar-refractivity contribution in [3.05, 3.63) is 29.8 Å². The maximum atomic E-state index is 10.6. The Morgan fingerprint density at radius 2 is 1.93 bits per heavy atom. The minimum Gasteiger partial charge on any atom is -0.366 e. The second-order valence-corrected chi connectivity index (χ2v) is 3.79. The molecule has 0 aliphatic carbocycles. The summed E-state index contributed by atoms with van der Waals surface area (Å²) in [6.07, 6.45) is 0. The van der Waals surface area contributed by atoms with E-state index in [9.17, 15) is 13.2 Å². The molecule has 0 aromatic heterocycles. The molecule has 0 heterocycles. The van der Waals surface area contributed by atoms with Gasteiger partial charge in [0.05, 0.1) is 4.90 Å². The van der Waals surface area contributed by atoms with Gasteiger partial charge in [0, 0.05) is 56.9 Å². The van der Waals surface area contributed by atoms with Crippen molar-refractivity contribution in [3.8, 4) is 0 Å². The summed E-state index contributed by atoms with van der Waals surface area (Å²) < 4.78 is 29.8. The van der Waals surface area contributed by atoms with Gasteiger partial charge in [-0.2, -0.15) is 8.42 Å². The topological polar surface area (TPSA) is 97.5 Å². The van der Waals surface area contributed by atoms with Gasteiger partial charge in [-0.3, -0.25) is 9.35 Å². The fraction of sp³-hybridized carbons (Fsp3) is 0. The average molecular weight is 240 g/mol. The maximum Gasteiger partial charge on any atom is 0.294 e. The largest absolute Gasteiger partial charge is 0.366 e. The molecule has 71 valence electrons. The molecule has 5 nitrogen and oxygen atoms in total. The van der Waals surface area contributed by atoms with Gasteiger partial charge in [0.2, 0.25) is 5.91 Å². The molecule has 3 N–H and O–H groups in total. The zero-order chi connectivity index (χ0) is 10.1. The molecule has 0 aliphatic rings. The van der Waals surface area contributed by atoms with E-state index in [4.69, 9.17) is 10.3 Å². The number of rotatable bonds is 2. The van der Waals surface area contributed by atoms with Crippen molar-refractivity contribution < 1.29 is 17.8 Å². The van der Waals surface area contributed by atoms with Crippen LogP contribution in [0.5, 0.6) is 0 Å². The smallest absolute Gasteiger partial charge is 0.294 e. The number of amides is 1. The van der Waals surface area contributed by atoms with Crippen LogP contribution in [0, 0.1) is 0 Å². The van der Waals surface area contributed by atoms with E-state index in [0.717, 1.165) is 6.07 Å². The monoisotopic (exact) mass is 240 g/mol. The molecule has 0 atom stereocenters. The van der Waals surface area contributed by atoms with Crippen molar-refractivity contribution in [1.82, 2.24) is 0 Å². The van der Waals surface area contributed by atoms with Gasteiger partial charge in [0.25, 0.3) is 10.1 Å². The van der Waals surface area contributed by atoms with Gasteiger partial charge in [-0.25, -0.2) is 0 Å². The van der Waals surface area contributed by atoms with Crippen molar-refractivity contribution in [2.24, 2.45) is 5.73 Å². The molecule has 1 radical (unpaired) electrons. The Hall–Kier alpha value is 0.236. The van der Waals surface area contributed by atoms with E-state index in [1.54, 1.807) is 0 Å². The van der Waals surface area contributed by atoms with Crippen LogP contribution in [-0.4, -0.2) is 70.3 Å². The van der Waals surface area contributed by atoms with Crippen molar-refractivity contribution in [2.45, 2.75) is 4.90 Å². The molecule has 0 spiro atoms. The van der Waals surface area contributed by atoms with E-state index in [0.29, 0.717) is 0 Å². The van der Waals surface area contributed by atoms with Crippen LogP contribution in [-0.2, 0) is 10.1 Å². The van der Waals surface area contributed by atoms with Gasteiger partial charge >= 0.3 is 0 Å². The fourth-order valence-electron chi connectivity index (χ4n) is 0.810. The predicted octanol–water partition coefficient (Wildman–Crippen LogP) is -0.349. The van der Waals surface area contributed by atoms with E-state index in [-0.39, 0.29) is 61.8 Å². The molecule has 14 heavy (non-hydrogen) atoms. The first-order valence-electron chi connectivity index (χ1n) is 3.28. The molecule has 0 saturated heterocycles. The van der Waals surface area contributed by atoms with Crippen molar-refractivity contribution >= 4 is 67.4 Å². The Balaban J connectivity index is 0.00000169.